The molecule has 0 spiro atoms. The lowest BCUT2D eigenvalue weighted by Crippen LogP contribution is -2.28. The normalized spacial score (nSPS) is 10.7. The van der Waals surface area contributed by atoms with Crippen LogP contribution in [0.25, 0.3) is 0 Å². The largest absolute Gasteiger partial charge is 0.322 e. The highest BCUT2D eigenvalue weighted by Gasteiger charge is 2.13. The maximum atomic E-state index is 12.0. The number of aryl methyl sites for hydroxylation is 3. The summed E-state index contributed by atoms with van der Waals surface area (Å²) >= 11 is 0. The van der Waals surface area contributed by atoms with E-state index in [1.807, 2.05) is 32.4 Å². The van der Waals surface area contributed by atoms with Crippen LogP contribution in [0, 0.1) is 20.8 Å². The molecule has 0 atom stereocenters. The fourth-order valence-corrected chi connectivity index (χ4v) is 2.18. The summed E-state index contributed by atoms with van der Waals surface area (Å²) in [6, 6.07) is 0. The predicted molar refractivity (Wildman–Crippen MR) is 84.5 cm³/mol. The number of nitrogens with zero attached hydrogens (tertiary/aromatic N) is 4. The van der Waals surface area contributed by atoms with Crippen molar-refractivity contribution in [1.82, 2.24) is 25.1 Å². The summed E-state index contributed by atoms with van der Waals surface area (Å²) in [6.45, 7) is 9.26. The average molecular weight is 302 g/mol. The lowest BCUT2D eigenvalue weighted by molar-refractivity contribution is -0.115. The first-order valence-corrected chi connectivity index (χ1v) is 7.33. The minimum atomic E-state index is -0.0954. The Morgan fingerprint density at radius 2 is 2.00 bits per heavy atom. The van der Waals surface area contributed by atoms with E-state index < -0.39 is 0 Å². The third kappa shape index (κ3) is 3.88. The van der Waals surface area contributed by atoms with Crippen molar-refractivity contribution in [2.45, 2.75) is 40.8 Å². The smallest absolute Gasteiger partial charge is 0.238 e. The molecule has 2 aromatic heterocycles. The molecule has 118 valence electrons. The van der Waals surface area contributed by atoms with E-state index in [1.165, 1.54) is 0 Å². The Balaban J connectivity index is 1.86. The van der Waals surface area contributed by atoms with Crippen LogP contribution >= 0.6 is 0 Å². The molecule has 2 rings (SSSR count). The second kappa shape index (κ2) is 7.13. The third-order valence-electron chi connectivity index (χ3n) is 3.37. The van der Waals surface area contributed by atoms with Crippen molar-refractivity contribution in [3.05, 3.63) is 35.2 Å². The van der Waals surface area contributed by atoms with Gasteiger partial charge >= 0.3 is 0 Å². The van der Waals surface area contributed by atoms with Crippen LogP contribution in [-0.4, -0.2) is 32.2 Å². The summed E-state index contributed by atoms with van der Waals surface area (Å²) < 4.78 is 1.88. The molecule has 0 radical (unpaired) electrons. The summed E-state index contributed by atoms with van der Waals surface area (Å²) in [7, 11) is 0. The molecule has 0 fully saturated rings. The number of carbonyl (C=O) groups excluding carboxylic acids is 1. The number of aromatic nitrogens is 4. The van der Waals surface area contributed by atoms with Crippen molar-refractivity contribution >= 4 is 11.6 Å². The first-order chi connectivity index (χ1) is 10.5. The molecular formula is C15H22N6O. The Kier molecular flexibility index (Phi) is 5.21. The molecule has 1 amide bonds. The zero-order chi connectivity index (χ0) is 16.1. The van der Waals surface area contributed by atoms with Crippen LogP contribution in [0.1, 0.15) is 29.7 Å². The highest BCUT2D eigenvalue weighted by Crippen LogP contribution is 2.18. The van der Waals surface area contributed by atoms with Gasteiger partial charge in [0.15, 0.2) is 0 Å². The number of rotatable bonds is 6. The Morgan fingerprint density at radius 1 is 1.23 bits per heavy atom. The molecule has 0 aliphatic heterocycles. The minimum Gasteiger partial charge on any atom is -0.322 e. The lowest BCUT2D eigenvalue weighted by Gasteiger charge is -2.07. The van der Waals surface area contributed by atoms with E-state index in [4.69, 9.17) is 0 Å². The number of hydrogen-bond acceptors (Lipinski definition) is 5. The Labute approximate surface area is 130 Å². The fraction of sp³-hybridized carbons (Fsp3) is 0.467. The molecular weight excluding hydrogens is 280 g/mol. The zero-order valence-corrected chi connectivity index (χ0v) is 13.5. The van der Waals surface area contributed by atoms with Gasteiger partial charge in [-0.3, -0.25) is 19.4 Å². The number of nitrogens with one attached hydrogen (secondary N) is 2. The van der Waals surface area contributed by atoms with Crippen molar-refractivity contribution in [3.63, 3.8) is 0 Å². The van der Waals surface area contributed by atoms with Crippen molar-refractivity contribution in [3.8, 4) is 0 Å². The minimum absolute atomic E-state index is 0.0954. The zero-order valence-electron chi connectivity index (χ0n) is 13.5. The number of carbonyl (C=O) groups is 1. The molecule has 0 unspecified atom stereocenters. The van der Waals surface area contributed by atoms with Gasteiger partial charge in [-0.1, -0.05) is 0 Å². The van der Waals surface area contributed by atoms with Gasteiger partial charge in [0.2, 0.25) is 5.91 Å². The highest BCUT2D eigenvalue weighted by molar-refractivity contribution is 5.93. The van der Waals surface area contributed by atoms with E-state index in [0.29, 0.717) is 6.54 Å². The molecule has 0 saturated heterocycles. The topological polar surface area (TPSA) is 84.7 Å². The number of amides is 1. The predicted octanol–water partition coefficient (Wildman–Crippen LogP) is 1.35. The van der Waals surface area contributed by atoms with Gasteiger partial charge in [-0.2, -0.15) is 5.10 Å². The van der Waals surface area contributed by atoms with Gasteiger partial charge in [-0.15, -0.1) is 0 Å². The Morgan fingerprint density at radius 3 is 2.59 bits per heavy atom. The molecule has 7 nitrogen and oxygen atoms in total. The van der Waals surface area contributed by atoms with Gasteiger partial charge < -0.3 is 10.6 Å². The fourth-order valence-electron chi connectivity index (χ4n) is 2.18. The number of hydrogen-bond donors (Lipinski definition) is 2. The highest BCUT2D eigenvalue weighted by atomic mass is 16.1. The quantitative estimate of drug-likeness (QED) is 0.841. The molecule has 2 aromatic rings. The monoisotopic (exact) mass is 302 g/mol. The lowest BCUT2D eigenvalue weighted by atomic mass is 10.3. The van der Waals surface area contributed by atoms with Gasteiger partial charge in [0.1, 0.15) is 0 Å². The van der Waals surface area contributed by atoms with Gasteiger partial charge in [0, 0.05) is 25.5 Å². The van der Waals surface area contributed by atoms with Gasteiger partial charge in [-0.25, -0.2) is 0 Å². The van der Waals surface area contributed by atoms with E-state index in [9.17, 15) is 4.79 Å². The van der Waals surface area contributed by atoms with Crippen molar-refractivity contribution in [2.75, 3.05) is 11.9 Å². The van der Waals surface area contributed by atoms with Crippen LogP contribution in [0.4, 0.5) is 5.69 Å². The van der Waals surface area contributed by atoms with Crippen LogP contribution < -0.4 is 10.6 Å². The van der Waals surface area contributed by atoms with E-state index in [-0.39, 0.29) is 12.5 Å². The summed E-state index contributed by atoms with van der Waals surface area (Å²) in [4.78, 5) is 20.4. The SMILES string of the molecule is CCn1nc(C)c(NC(=O)CNCc2cnc(C)cn2)c1C. The molecule has 0 aliphatic carbocycles. The van der Waals surface area contributed by atoms with E-state index in [1.54, 1.807) is 12.4 Å². The molecule has 0 bridgehead atoms. The summed E-state index contributed by atoms with van der Waals surface area (Å²) in [5.41, 5.74) is 4.28. The Bertz CT molecular complexity index is 647. The van der Waals surface area contributed by atoms with Crippen LogP contribution in [0.15, 0.2) is 12.4 Å². The first-order valence-electron chi connectivity index (χ1n) is 7.33. The van der Waals surface area contributed by atoms with Gasteiger partial charge in [0.25, 0.3) is 0 Å². The van der Waals surface area contributed by atoms with E-state index >= 15 is 0 Å². The van der Waals surface area contributed by atoms with E-state index in [2.05, 4.69) is 25.7 Å². The van der Waals surface area contributed by atoms with Crippen molar-refractivity contribution in [1.29, 1.82) is 0 Å². The van der Waals surface area contributed by atoms with Crippen LogP contribution in [-0.2, 0) is 17.9 Å². The summed E-state index contributed by atoms with van der Waals surface area (Å²) in [5.74, 6) is -0.0954. The molecule has 7 heteroatoms. The Hall–Kier alpha value is -2.28. The van der Waals surface area contributed by atoms with Gasteiger partial charge in [-0.05, 0) is 27.7 Å². The third-order valence-corrected chi connectivity index (χ3v) is 3.37. The van der Waals surface area contributed by atoms with E-state index in [0.717, 1.165) is 35.0 Å². The second-order valence-corrected chi connectivity index (χ2v) is 5.16. The van der Waals surface area contributed by atoms with Gasteiger partial charge in [0.05, 0.1) is 35.0 Å². The van der Waals surface area contributed by atoms with Crippen molar-refractivity contribution in [2.24, 2.45) is 0 Å². The first kappa shape index (κ1) is 16.1. The maximum absolute atomic E-state index is 12.0. The van der Waals surface area contributed by atoms with Crippen LogP contribution in [0.5, 0.6) is 0 Å². The molecule has 2 heterocycles. The number of anilines is 1. The standard InChI is InChI=1S/C15H22N6O/c1-5-21-12(4)15(11(3)20-21)19-14(22)9-16-7-13-8-17-10(2)6-18-13/h6,8,16H,5,7,9H2,1-4H3,(H,19,22). The molecule has 0 aromatic carbocycles. The maximum Gasteiger partial charge on any atom is 0.238 e. The summed E-state index contributed by atoms with van der Waals surface area (Å²) in [5, 5.41) is 10.3. The van der Waals surface area contributed by atoms with Crippen LogP contribution in [0.2, 0.25) is 0 Å². The van der Waals surface area contributed by atoms with Crippen LogP contribution in [0.3, 0.4) is 0 Å². The summed E-state index contributed by atoms with van der Waals surface area (Å²) in [6.07, 6.45) is 3.42. The average Bonchev–Trinajstić information content (AvgIpc) is 2.77. The second-order valence-electron chi connectivity index (χ2n) is 5.16. The molecule has 2 N–H and O–H groups in total. The molecule has 0 aliphatic rings. The molecule has 0 saturated carbocycles. The molecule has 22 heavy (non-hydrogen) atoms. The van der Waals surface area contributed by atoms with Crippen molar-refractivity contribution < 1.29 is 4.79 Å².